The van der Waals surface area contributed by atoms with Gasteiger partial charge in [-0.1, -0.05) is 56.3 Å². The Morgan fingerprint density at radius 2 is 1.38 bits per heavy atom. The van der Waals surface area contributed by atoms with Crippen molar-refractivity contribution in [1.82, 2.24) is 0 Å². The van der Waals surface area contributed by atoms with E-state index in [9.17, 15) is 0 Å². The molecule has 2 aromatic rings. The summed E-state index contributed by atoms with van der Waals surface area (Å²) >= 11 is 0. The summed E-state index contributed by atoms with van der Waals surface area (Å²) in [6.45, 7) is 6.76. The van der Waals surface area contributed by atoms with Crippen molar-refractivity contribution in [1.29, 1.82) is 0 Å². The standard InChI is InChI=1S/C20H27N/c1-4-17(3)21-20-12-10-19(11-13-20)15-16(2)14-18-8-6-5-7-9-18/h5-13,16-17,21H,4,14-15H2,1-3H3. The molecule has 0 aliphatic heterocycles. The molecule has 112 valence electrons. The lowest BCUT2D eigenvalue weighted by Gasteiger charge is -2.15. The van der Waals surface area contributed by atoms with E-state index in [1.54, 1.807) is 0 Å². The molecule has 0 saturated heterocycles. The SMILES string of the molecule is CCC(C)Nc1ccc(CC(C)Cc2ccccc2)cc1. The molecule has 2 rings (SSSR count). The van der Waals surface area contributed by atoms with Gasteiger partial charge in [-0.2, -0.15) is 0 Å². The lowest BCUT2D eigenvalue weighted by Crippen LogP contribution is -2.13. The van der Waals surface area contributed by atoms with E-state index in [0.717, 1.165) is 19.3 Å². The highest BCUT2D eigenvalue weighted by Crippen LogP contribution is 2.17. The van der Waals surface area contributed by atoms with E-state index >= 15 is 0 Å². The number of anilines is 1. The summed E-state index contributed by atoms with van der Waals surface area (Å²) in [6, 6.07) is 20.2. The molecule has 0 aliphatic carbocycles. The highest BCUT2D eigenvalue weighted by molar-refractivity contribution is 5.45. The van der Waals surface area contributed by atoms with Crippen LogP contribution in [0.3, 0.4) is 0 Å². The minimum atomic E-state index is 0.535. The van der Waals surface area contributed by atoms with Gasteiger partial charge < -0.3 is 5.32 Å². The topological polar surface area (TPSA) is 12.0 Å². The second-order valence-electron chi connectivity index (χ2n) is 6.15. The smallest absolute Gasteiger partial charge is 0.0342 e. The third-order valence-electron chi connectivity index (χ3n) is 3.99. The zero-order valence-corrected chi connectivity index (χ0v) is 13.5. The predicted molar refractivity (Wildman–Crippen MR) is 92.8 cm³/mol. The fraction of sp³-hybridized carbons (Fsp3) is 0.400. The van der Waals surface area contributed by atoms with Crippen molar-refractivity contribution >= 4 is 5.69 Å². The van der Waals surface area contributed by atoms with Crippen LogP contribution in [0, 0.1) is 5.92 Å². The zero-order chi connectivity index (χ0) is 15.1. The van der Waals surface area contributed by atoms with E-state index in [4.69, 9.17) is 0 Å². The molecule has 0 saturated carbocycles. The average molecular weight is 281 g/mol. The molecule has 0 bridgehead atoms. The van der Waals surface area contributed by atoms with Gasteiger partial charge in [0.15, 0.2) is 0 Å². The fourth-order valence-corrected chi connectivity index (χ4v) is 2.61. The number of nitrogens with one attached hydrogen (secondary N) is 1. The number of benzene rings is 2. The van der Waals surface area contributed by atoms with Gasteiger partial charge in [0.1, 0.15) is 0 Å². The Balaban J connectivity index is 1.88. The first-order chi connectivity index (χ1) is 10.2. The van der Waals surface area contributed by atoms with Gasteiger partial charge >= 0.3 is 0 Å². The van der Waals surface area contributed by atoms with Gasteiger partial charge in [0.2, 0.25) is 0 Å². The molecule has 0 aromatic heterocycles. The number of rotatable bonds is 7. The minimum absolute atomic E-state index is 0.535. The summed E-state index contributed by atoms with van der Waals surface area (Å²) in [5.74, 6) is 0.667. The second-order valence-corrected chi connectivity index (χ2v) is 6.15. The summed E-state index contributed by atoms with van der Waals surface area (Å²) in [6.07, 6.45) is 3.43. The van der Waals surface area contributed by atoms with Crippen LogP contribution in [0.2, 0.25) is 0 Å². The first-order valence-electron chi connectivity index (χ1n) is 8.06. The molecule has 0 fully saturated rings. The van der Waals surface area contributed by atoms with Crippen LogP contribution >= 0.6 is 0 Å². The van der Waals surface area contributed by atoms with Gasteiger partial charge in [0.05, 0.1) is 0 Å². The van der Waals surface area contributed by atoms with Crippen LogP contribution in [0.15, 0.2) is 54.6 Å². The van der Waals surface area contributed by atoms with Crippen LogP contribution in [0.5, 0.6) is 0 Å². The lowest BCUT2D eigenvalue weighted by atomic mass is 9.94. The monoisotopic (exact) mass is 281 g/mol. The van der Waals surface area contributed by atoms with Gasteiger partial charge in [0.25, 0.3) is 0 Å². The molecule has 2 atom stereocenters. The molecular formula is C20H27N. The van der Waals surface area contributed by atoms with Gasteiger partial charge in [-0.15, -0.1) is 0 Å². The molecule has 0 spiro atoms. The van der Waals surface area contributed by atoms with E-state index in [1.165, 1.54) is 16.8 Å². The molecular weight excluding hydrogens is 254 g/mol. The maximum absolute atomic E-state index is 3.51. The maximum atomic E-state index is 3.51. The van der Waals surface area contributed by atoms with Crippen molar-refractivity contribution in [3.8, 4) is 0 Å². The van der Waals surface area contributed by atoms with Gasteiger partial charge in [-0.3, -0.25) is 0 Å². The minimum Gasteiger partial charge on any atom is -0.383 e. The summed E-state index contributed by atoms with van der Waals surface area (Å²) in [5, 5.41) is 3.51. The van der Waals surface area contributed by atoms with Crippen LogP contribution in [0.4, 0.5) is 5.69 Å². The Morgan fingerprint density at radius 3 is 1.95 bits per heavy atom. The molecule has 0 heterocycles. The predicted octanol–water partition coefficient (Wildman–Crippen LogP) is 5.32. The van der Waals surface area contributed by atoms with Gasteiger partial charge in [-0.05, 0) is 55.4 Å². The van der Waals surface area contributed by atoms with Crippen LogP contribution in [0.1, 0.15) is 38.3 Å². The summed E-state index contributed by atoms with van der Waals surface area (Å²) in [7, 11) is 0. The molecule has 2 unspecified atom stereocenters. The Labute approximate surface area is 129 Å². The summed E-state index contributed by atoms with van der Waals surface area (Å²) in [4.78, 5) is 0. The lowest BCUT2D eigenvalue weighted by molar-refractivity contribution is 0.577. The Morgan fingerprint density at radius 1 is 0.810 bits per heavy atom. The average Bonchev–Trinajstić information content (AvgIpc) is 2.50. The highest BCUT2D eigenvalue weighted by atomic mass is 14.9. The normalized spacial score (nSPS) is 13.7. The van der Waals surface area contributed by atoms with Crippen molar-refractivity contribution in [3.05, 3.63) is 65.7 Å². The third-order valence-corrected chi connectivity index (χ3v) is 3.99. The van der Waals surface area contributed by atoms with Crippen molar-refractivity contribution < 1.29 is 0 Å². The molecule has 1 heteroatoms. The van der Waals surface area contributed by atoms with Crippen molar-refractivity contribution in [3.63, 3.8) is 0 Å². The largest absolute Gasteiger partial charge is 0.383 e. The van der Waals surface area contributed by atoms with Crippen molar-refractivity contribution in [2.24, 2.45) is 5.92 Å². The molecule has 0 aliphatic rings. The second kappa shape index (κ2) is 7.87. The number of hydrogen-bond donors (Lipinski definition) is 1. The third kappa shape index (κ3) is 5.26. The molecule has 0 radical (unpaired) electrons. The first-order valence-corrected chi connectivity index (χ1v) is 8.06. The van der Waals surface area contributed by atoms with Crippen LogP contribution in [-0.4, -0.2) is 6.04 Å². The molecule has 21 heavy (non-hydrogen) atoms. The quantitative estimate of drug-likeness (QED) is 0.724. The van der Waals surface area contributed by atoms with E-state index in [1.807, 2.05) is 0 Å². The number of hydrogen-bond acceptors (Lipinski definition) is 1. The van der Waals surface area contributed by atoms with Crippen molar-refractivity contribution in [2.45, 2.75) is 46.1 Å². The van der Waals surface area contributed by atoms with Gasteiger partial charge in [0, 0.05) is 11.7 Å². The highest BCUT2D eigenvalue weighted by Gasteiger charge is 2.05. The van der Waals surface area contributed by atoms with E-state index < -0.39 is 0 Å². The van der Waals surface area contributed by atoms with Crippen LogP contribution < -0.4 is 5.32 Å². The van der Waals surface area contributed by atoms with Crippen LogP contribution in [-0.2, 0) is 12.8 Å². The van der Waals surface area contributed by atoms with E-state index in [2.05, 4.69) is 80.7 Å². The molecule has 0 amide bonds. The summed E-state index contributed by atoms with van der Waals surface area (Å²) < 4.78 is 0. The Bertz CT molecular complexity index is 515. The first kappa shape index (κ1) is 15.6. The molecule has 1 nitrogen and oxygen atoms in total. The molecule has 2 aromatic carbocycles. The van der Waals surface area contributed by atoms with E-state index in [0.29, 0.717) is 12.0 Å². The Kier molecular flexibility index (Phi) is 5.86. The maximum Gasteiger partial charge on any atom is 0.0342 e. The van der Waals surface area contributed by atoms with Gasteiger partial charge in [-0.25, -0.2) is 0 Å². The molecule has 1 N–H and O–H groups in total. The Hall–Kier alpha value is -1.76. The van der Waals surface area contributed by atoms with Crippen LogP contribution in [0.25, 0.3) is 0 Å². The fourth-order valence-electron chi connectivity index (χ4n) is 2.61. The summed E-state index contributed by atoms with van der Waals surface area (Å²) in [5.41, 5.74) is 4.08. The van der Waals surface area contributed by atoms with E-state index in [-0.39, 0.29) is 0 Å². The zero-order valence-electron chi connectivity index (χ0n) is 13.5. The van der Waals surface area contributed by atoms with Crippen molar-refractivity contribution in [2.75, 3.05) is 5.32 Å².